The molecule has 0 unspecified atom stereocenters. The number of halogens is 2. The summed E-state index contributed by atoms with van der Waals surface area (Å²) in [6.45, 7) is 1.09. The number of amides is 1. The quantitative estimate of drug-likeness (QED) is 0.855. The summed E-state index contributed by atoms with van der Waals surface area (Å²) in [4.78, 5) is 11.7. The van der Waals surface area contributed by atoms with Crippen molar-refractivity contribution in [3.63, 3.8) is 0 Å². The van der Waals surface area contributed by atoms with Gasteiger partial charge in [0, 0.05) is 12.6 Å². The Morgan fingerprint density at radius 3 is 2.63 bits per heavy atom. The lowest BCUT2D eigenvalue weighted by atomic mass is 9.69. The molecule has 0 bridgehead atoms. The summed E-state index contributed by atoms with van der Waals surface area (Å²) in [5.41, 5.74) is 5.92. The zero-order chi connectivity index (χ0) is 13.9. The lowest BCUT2D eigenvalue weighted by Crippen LogP contribution is -2.47. The summed E-state index contributed by atoms with van der Waals surface area (Å²) in [5.74, 6) is -1.59. The van der Waals surface area contributed by atoms with Crippen LogP contribution in [0, 0.1) is 17.0 Å². The van der Waals surface area contributed by atoms with E-state index < -0.39 is 11.6 Å². The number of hydrogen-bond donors (Lipinski definition) is 2. The van der Waals surface area contributed by atoms with Gasteiger partial charge in [-0.25, -0.2) is 8.78 Å². The first-order valence-corrected chi connectivity index (χ1v) is 6.45. The van der Waals surface area contributed by atoms with E-state index in [1.807, 2.05) is 0 Å². The van der Waals surface area contributed by atoms with Crippen LogP contribution in [0.4, 0.5) is 8.78 Å². The van der Waals surface area contributed by atoms with Crippen LogP contribution >= 0.6 is 0 Å². The van der Waals surface area contributed by atoms with E-state index in [1.54, 1.807) is 0 Å². The Hall–Kier alpha value is -1.49. The summed E-state index contributed by atoms with van der Waals surface area (Å²) in [6.07, 6.45) is 3.11. The van der Waals surface area contributed by atoms with Gasteiger partial charge in [0.05, 0.1) is 6.42 Å². The second-order valence-electron chi connectivity index (χ2n) is 5.25. The van der Waals surface area contributed by atoms with E-state index in [-0.39, 0.29) is 23.3 Å². The Labute approximate surface area is 111 Å². The number of benzene rings is 1. The fourth-order valence-corrected chi connectivity index (χ4v) is 2.32. The molecule has 1 aromatic carbocycles. The average molecular weight is 268 g/mol. The molecule has 2 rings (SSSR count). The minimum atomic E-state index is -0.688. The molecule has 1 aliphatic carbocycles. The fraction of sp³-hybridized carbons (Fsp3) is 0.500. The van der Waals surface area contributed by atoms with Gasteiger partial charge in [-0.1, -0.05) is 12.5 Å². The van der Waals surface area contributed by atoms with Crippen LogP contribution in [-0.2, 0) is 11.2 Å². The molecular weight excluding hydrogens is 250 g/mol. The van der Waals surface area contributed by atoms with Gasteiger partial charge in [-0.15, -0.1) is 0 Å². The lowest BCUT2D eigenvalue weighted by Gasteiger charge is -2.41. The van der Waals surface area contributed by atoms with Crippen molar-refractivity contribution in [2.75, 3.05) is 13.1 Å². The molecule has 104 valence electrons. The van der Waals surface area contributed by atoms with Crippen molar-refractivity contribution >= 4 is 5.91 Å². The van der Waals surface area contributed by atoms with Crippen molar-refractivity contribution in [1.29, 1.82) is 0 Å². The topological polar surface area (TPSA) is 55.1 Å². The van der Waals surface area contributed by atoms with E-state index in [0.29, 0.717) is 13.1 Å². The van der Waals surface area contributed by atoms with E-state index in [2.05, 4.69) is 5.32 Å². The predicted octanol–water partition coefficient (Wildman–Crippen LogP) is 1.75. The van der Waals surface area contributed by atoms with Gasteiger partial charge >= 0.3 is 0 Å². The summed E-state index contributed by atoms with van der Waals surface area (Å²) in [5, 5.41) is 2.79. The second-order valence-corrected chi connectivity index (χ2v) is 5.25. The van der Waals surface area contributed by atoms with Crippen molar-refractivity contribution in [3.8, 4) is 0 Å². The van der Waals surface area contributed by atoms with Gasteiger partial charge in [-0.05, 0) is 36.4 Å². The third-order valence-electron chi connectivity index (χ3n) is 3.87. The van der Waals surface area contributed by atoms with Crippen LogP contribution in [0.3, 0.4) is 0 Å². The van der Waals surface area contributed by atoms with Crippen molar-refractivity contribution < 1.29 is 13.6 Å². The zero-order valence-electron chi connectivity index (χ0n) is 10.7. The van der Waals surface area contributed by atoms with Gasteiger partial charge in [0.1, 0.15) is 11.6 Å². The highest BCUT2D eigenvalue weighted by molar-refractivity contribution is 5.78. The van der Waals surface area contributed by atoms with Crippen molar-refractivity contribution in [2.45, 2.75) is 25.7 Å². The molecule has 0 aliphatic heterocycles. The third kappa shape index (κ3) is 3.29. The van der Waals surface area contributed by atoms with Gasteiger partial charge in [-0.2, -0.15) is 0 Å². The zero-order valence-corrected chi connectivity index (χ0v) is 10.7. The molecule has 3 nitrogen and oxygen atoms in total. The Kier molecular flexibility index (Phi) is 4.14. The van der Waals surface area contributed by atoms with E-state index >= 15 is 0 Å². The van der Waals surface area contributed by atoms with Crippen molar-refractivity contribution in [1.82, 2.24) is 5.32 Å². The average Bonchev–Trinajstić information content (AvgIpc) is 2.32. The van der Waals surface area contributed by atoms with Gasteiger partial charge in [0.25, 0.3) is 0 Å². The molecule has 19 heavy (non-hydrogen) atoms. The Morgan fingerprint density at radius 1 is 1.37 bits per heavy atom. The highest BCUT2D eigenvalue weighted by atomic mass is 19.1. The van der Waals surface area contributed by atoms with Gasteiger partial charge in [0.15, 0.2) is 0 Å². The number of nitrogens with two attached hydrogens (primary N) is 1. The number of nitrogens with one attached hydrogen (secondary N) is 1. The van der Waals surface area contributed by atoms with Crippen LogP contribution in [0.25, 0.3) is 0 Å². The summed E-state index contributed by atoms with van der Waals surface area (Å²) < 4.78 is 26.1. The van der Waals surface area contributed by atoms with E-state index in [4.69, 9.17) is 5.73 Å². The maximum Gasteiger partial charge on any atom is 0.224 e. The molecule has 0 spiro atoms. The van der Waals surface area contributed by atoms with Gasteiger partial charge in [0.2, 0.25) is 5.91 Å². The second kappa shape index (κ2) is 5.65. The minimum Gasteiger partial charge on any atom is -0.355 e. The molecule has 0 radical (unpaired) electrons. The first-order chi connectivity index (χ1) is 9.04. The van der Waals surface area contributed by atoms with Crippen LogP contribution in [0.1, 0.15) is 24.8 Å². The molecule has 0 heterocycles. The van der Waals surface area contributed by atoms with Crippen LogP contribution < -0.4 is 11.1 Å². The lowest BCUT2D eigenvalue weighted by molar-refractivity contribution is -0.121. The van der Waals surface area contributed by atoms with Crippen molar-refractivity contribution in [2.24, 2.45) is 11.1 Å². The number of carbonyl (C=O) groups excluding carboxylic acids is 1. The molecule has 1 aliphatic rings. The SMILES string of the molecule is NCC1(CNC(=O)Cc2ccc(F)cc2F)CCC1. The first kappa shape index (κ1) is 13.9. The first-order valence-electron chi connectivity index (χ1n) is 6.45. The number of rotatable bonds is 5. The molecule has 0 atom stereocenters. The van der Waals surface area contributed by atoms with Crippen molar-refractivity contribution in [3.05, 3.63) is 35.4 Å². The minimum absolute atomic E-state index is 0.0248. The fourth-order valence-electron chi connectivity index (χ4n) is 2.32. The Morgan fingerprint density at radius 2 is 2.11 bits per heavy atom. The number of carbonyl (C=O) groups is 1. The monoisotopic (exact) mass is 268 g/mol. The summed E-state index contributed by atoms with van der Waals surface area (Å²) in [7, 11) is 0. The van der Waals surface area contributed by atoms with Crippen LogP contribution in [-0.4, -0.2) is 19.0 Å². The Balaban J connectivity index is 1.87. The normalized spacial score (nSPS) is 16.8. The standard InChI is InChI=1S/C14H18F2N2O/c15-11-3-2-10(12(16)7-11)6-13(19)18-9-14(8-17)4-1-5-14/h2-3,7H,1,4-6,8-9,17H2,(H,18,19). The highest BCUT2D eigenvalue weighted by Crippen LogP contribution is 2.39. The van der Waals surface area contributed by atoms with E-state index in [0.717, 1.165) is 31.4 Å². The molecular formula is C14H18F2N2O. The van der Waals surface area contributed by atoms with Gasteiger partial charge in [-0.3, -0.25) is 4.79 Å². The maximum absolute atomic E-state index is 13.4. The molecule has 5 heteroatoms. The van der Waals surface area contributed by atoms with E-state index in [9.17, 15) is 13.6 Å². The maximum atomic E-state index is 13.4. The molecule has 1 amide bonds. The van der Waals surface area contributed by atoms with Gasteiger partial charge < -0.3 is 11.1 Å². The Bertz CT molecular complexity index is 467. The largest absolute Gasteiger partial charge is 0.355 e. The predicted molar refractivity (Wildman–Crippen MR) is 68.4 cm³/mol. The molecule has 1 fully saturated rings. The highest BCUT2D eigenvalue weighted by Gasteiger charge is 2.35. The summed E-state index contributed by atoms with van der Waals surface area (Å²) >= 11 is 0. The number of hydrogen-bond acceptors (Lipinski definition) is 2. The molecule has 1 aromatic rings. The third-order valence-corrected chi connectivity index (χ3v) is 3.87. The van der Waals surface area contributed by atoms with Crippen LogP contribution in [0.2, 0.25) is 0 Å². The summed E-state index contributed by atoms with van der Waals surface area (Å²) in [6, 6.07) is 3.24. The molecule has 3 N–H and O–H groups in total. The van der Waals surface area contributed by atoms with Crippen LogP contribution in [0.15, 0.2) is 18.2 Å². The molecule has 0 aromatic heterocycles. The van der Waals surface area contributed by atoms with Crippen LogP contribution in [0.5, 0.6) is 0 Å². The van der Waals surface area contributed by atoms with E-state index in [1.165, 1.54) is 6.07 Å². The molecule has 1 saturated carbocycles. The smallest absolute Gasteiger partial charge is 0.224 e. The molecule has 0 saturated heterocycles.